The van der Waals surface area contributed by atoms with Gasteiger partial charge < -0.3 is 10.2 Å². The highest BCUT2D eigenvalue weighted by molar-refractivity contribution is 5.76. The van der Waals surface area contributed by atoms with Gasteiger partial charge in [-0.2, -0.15) is 5.26 Å². The van der Waals surface area contributed by atoms with Gasteiger partial charge in [0, 0.05) is 25.6 Å². The fourth-order valence-electron chi connectivity index (χ4n) is 3.41. The minimum Gasteiger partial charge on any atom is -0.341 e. The molecule has 0 bridgehead atoms. The molecule has 1 aromatic carbocycles. The summed E-state index contributed by atoms with van der Waals surface area (Å²) in [6.45, 7) is 1.50. The van der Waals surface area contributed by atoms with Crippen LogP contribution in [-0.2, 0) is 4.79 Å². The maximum Gasteiger partial charge on any atom is 0.221 e. The van der Waals surface area contributed by atoms with Crippen LogP contribution in [0.4, 0.5) is 0 Å². The SMILES string of the molecule is N#CN1CCC(CC(=O)NC2CCC(c3ccccc3)N2)C1. The number of amides is 1. The van der Waals surface area contributed by atoms with Crippen molar-refractivity contribution in [3.63, 3.8) is 0 Å². The Bertz CT molecular complexity index is 554. The lowest BCUT2D eigenvalue weighted by Gasteiger charge is -2.17. The molecule has 2 heterocycles. The van der Waals surface area contributed by atoms with Gasteiger partial charge in [0.2, 0.25) is 5.91 Å². The van der Waals surface area contributed by atoms with Crippen LogP contribution in [0.3, 0.4) is 0 Å². The molecule has 2 aliphatic heterocycles. The van der Waals surface area contributed by atoms with Crippen LogP contribution in [-0.4, -0.2) is 30.1 Å². The lowest BCUT2D eigenvalue weighted by molar-refractivity contribution is -0.122. The zero-order valence-corrected chi connectivity index (χ0v) is 12.7. The first-order chi connectivity index (χ1) is 10.7. The Hall–Kier alpha value is -2.06. The largest absolute Gasteiger partial charge is 0.341 e. The van der Waals surface area contributed by atoms with E-state index in [9.17, 15) is 4.79 Å². The number of carbonyl (C=O) groups is 1. The normalized spacial score (nSPS) is 27.6. The molecular formula is C17H22N4O. The predicted molar refractivity (Wildman–Crippen MR) is 83.4 cm³/mol. The third-order valence-electron chi connectivity index (χ3n) is 4.58. The molecule has 3 unspecified atom stereocenters. The van der Waals surface area contributed by atoms with Crippen LogP contribution in [0.5, 0.6) is 0 Å². The molecule has 0 spiro atoms. The molecule has 3 rings (SSSR count). The number of hydrogen-bond donors (Lipinski definition) is 2. The van der Waals surface area contributed by atoms with Gasteiger partial charge in [-0.05, 0) is 30.7 Å². The molecule has 2 aliphatic rings. The Morgan fingerprint density at radius 3 is 2.86 bits per heavy atom. The lowest BCUT2D eigenvalue weighted by atomic mass is 10.0. The van der Waals surface area contributed by atoms with E-state index < -0.39 is 0 Å². The zero-order valence-electron chi connectivity index (χ0n) is 12.7. The quantitative estimate of drug-likeness (QED) is 0.831. The topological polar surface area (TPSA) is 68.2 Å². The third-order valence-corrected chi connectivity index (χ3v) is 4.58. The van der Waals surface area contributed by atoms with Gasteiger partial charge in [0.05, 0.1) is 6.17 Å². The highest BCUT2D eigenvalue weighted by atomic mass is 16.1. The predicted octanol–water partition coefficient (Wildman–Crippen LogP) is 1.75. The number of rotatable bonds is 4. The van der Waals surface area contributed by atoms with Crippen molar-refractivity contribution in [3.8, 4) is 6.19 Å². The molecule has 5 nitrogen and oxygen atoms in total. The molecular weight excluding hydrogens is 276 g/mol. The van der Waals surface area contributed by atoms with Gasteiger partial charge in [0.1, 0.15) is 0 Å². The molecule has 0 aromatic heterocycles. The van der Waals surface area contributed by atoms with Crippen molar-refractivity contribution in [2.75, 3.05) is 13.1 Å². The maximum atomic E-state index is 12.1. The van der Waals surface area contributed by atoms with E-state index in [0.29, 0.717) is 24.9 Å². The summed E-state index contributed by atoms with van der Waals surface area (Å²) in [5.74, 6) is 0.405. The Balaban J connectivity index is 1.44. The first-order valence-corrected chi connectivity index (χ1v) is 7.99. The molecule has 2 fully saturated rings. The van der Waals surface area contributed by atoms with Gasteiger partial charge in [0.25, 0.3) is 0 Å². The van der Waals surface area contributed by atoms with Crippen LogP contribution < -0.4 is 10.6 Å². The average molecular weight is 298 g/mol. The van der Waals surface area contributed by atoms with E-state index >= 15 is 0 Å². The highest BCUT2D eigenvalue weighted by Gasteiger charge is 2.28. The van der Waals surface area contributed by atoms with E-state index in [-0.39, 0.29) is 12.1 Å². The molecule has 0 aliphatic carbocycles. The average Bonchev–Trinajstić information content (AvgIpc) is 3.17. The lowest BCUT2D eigenvalue weighted by Crippen LogP contribution is -2.42. The maximum absolute atomic E-state index is 12.1. The fraction of sp³-hybridized carbons (Fsp3) is 0.529. The smallest absolute Gasteiger partial charge is 0.221 e. The summed E-state index contributed by atoms with van der Waals surface area (Å²) in [5, 5.41) is 15.4. The number of likely N-dealkylation sites (tertiary alicyclic amines) is 1. The third kappa shape index (κ3) is 3.58. The van der Waals surface area contributed by atoms with Crippen LogP contribution in [0.2, 0.25) is 0 Å². The number of nitrogens with one attached hydrogen (secondary N) is 2. The summed E-state index contributed by atoms with van der Waals surface area (Å²) in [6.07, 6.45) is 5.67. The second-order valence-corrected chi connectivity index (χ2v) is 6.23. The number of benzene rings is 1. The second kappa shape index (κ2) is 6.80. The van der Waals surface area contributed by atoms with E-state index in [0.717, 1.165) is 25.8 Å². The second-order valence-electron chi connectivity index (χ2n) is 6.23. The van der Waals surface area contributed by atoms with Crippen molar-refractivity contribution in [3.05, 3.63) is 35.9 Å². The van der Waals surface area contributed by atoms with E-state index in [1.807, 2.05) is 18.2 Å². The minimum atomic E-state index is 0.0613. The Labute approximate surface area is 131 Å². The highest BCUT2D eigenvalue weighted by Crippen LogP contribution is 2.25. The van der Waals surface area contributed by atoms with Crippen molar-refractivity contribution >= 4 is 5.91 Å². The molecule has 116 valence electrons. The Morgan fingerprint density at radius 1 is 1.32 bits per heavy atom. The molecule has 0 saturated carbocycles. The van der Waals surface area contributed by atoms with Crippen molar-refractivity contribution in [2.45, 2.75) is 37.9 Å². The van der Waals surface area contributed by atoms with E-state index in [2.05, 4.69) is 29.0 Å². The fourth-order valence-corrected chi connectivity index (χ4v) is 3.41. The number of nitrogens with zero attached hydrogens (tertiary/aromatic N) is 2. The molecule has 1 amide bonds. The Kier molecular flexibility index (Phi) is 4.59. The first kappa shape index (κ1) is 14.9. The number of nitriles is 1. The van der Waals surface area contributed by atoms with Gasteiger partial charge in [-0.15, -0.1) is 0 Å². The molecule has 22 heavy (non-hydrogen) atoms. The van der Waals surface area contributed by atoms with Crippen LogP contribution in [0.25, 0.3) is 0 Å². The van der Waals surface area contributed by atoms with Crippen molar-refractivity contribution < 1.29 is 4.79 Å². The van der Waals surface area contributed by atoms with Crippen LogP contribution in [0.1, 0.15) is 37.3 Å². The van der Waals surface area contributed by atoms with Gasteiger partial charge in [-0.1, -0.05) is 30.3 Å². The summed E-state index contributed by atoms with van der Waals surface area (Å²) < 4.78 is 0. The summed E-state index contributed by atoms with van der Waals surface area (Å²) in [5.41, 5.74) is 1.28. The van der Waals surface area contributed by atoms with E-state index in [1.165, 1.54) is 5.56 Å². The monoisotopic (exact) mass is 298 g/mol. The molecule has 0 radical (unpaired) electrons. The van der Waals surface area contributed by atoms with Crippen molar-refractivity contribution in [2.24, 2.45) is 5.92 Å². The first-order valence-electron chi connectivity index (χ1n) is 7.99. The minimum absolute atomic E-state index is 0.0613. The van der Waals surface area contributed by atoms with Crippen LogP contribution in [0, 0.1) is 17.4 Å². The standard InChI is InChI=1S/C17H22N4O/c18-12-21-9-8-13(11-21)10-17(22)20-16-7-6-15(19-16)14-4-2-1-3-5-14/h1-5,13,15-16,19H,6-11H2,(H,20,22). The summed E-state index contributed by atoms with van der Waals surface area (Å²) in [4.78, 5) is 13.9. The van der Waals surface area contributed by atoms with Crippen LogP contribution in [0.15, 0.2) is 30.3 Å². The van der Waals surface area contributed by atoms with Gasteiger partial charge in [0.15, 0.2) is 6.19 Å². The number of hydrogen-bond acceptors (Lipinski definition) is 4. The van der Waals surface area contributed by atoms with Crippen LogP contribution >= 0.6 is 0 Å². The number of carbonyl (C=O) groups excluding carboxylic acids is 1. The molecule has 5 heteroatoms. The zero-order chi connectivity index (χ0) is 15.4. The van der Waals surface area contributed by atoms with E-state index in [4.69, 9.17) is 5.26 Å². The summed E-state index contributed by atoms with van der Waals surface area (Å²) in [6, 6.07) is 10.7. The van der Waals surface area contributed by atoms with Crippen molar-refractivity contribution in [1.29, 1.82) is 5.26 Å². The molecule has 3 atom stereocenters. The summed E-state index contributed by atoms with van der Waals surface area (Å²) >= 11 is 0. The Morgan fingerprint density at radius 2 is 2.14 bits per heavy atom. The molecule has 2 N–H and O–H groups in total. The molecule has 1 aromatic rings. The van der Waals surface area contributed by atoms with Gasteiger partial charge >= 0.3 is 0 Å². The van der Waals surface area contributed by atoms with E-state index in [1.54, 1.807) is 4.90 Å². The van der Waals surface area contributed by atoms with Gasteiger partial charge in [-0.25, -0.2) is 0 Å². The molecule has 2 saturated heterocycles. The van der Waals surface area contributed by atoms with Gasteiger partial charge in [-0.3, -0.25) is 10.1 Å². The van der Waals surface area contributed by atoms with Crippen molar-refractivity contribution in [1.82, 2.24) is 15.5 Å². The summed E-state index contributed by atoms with van der Waals surface area (Å²) in [7, 11) is 0.